The van der Waals surface area contributed by atoms with Gasteiger partial charge in [-0.25, -0.2) is 0 Å². The fraction of sp³-hybridized carbons (Fsp3) is 0.200. The third-order valence-electron chi connectivity index (χ3n) is 3.99. The number of pyridine rings is 1. The second-order valence-corrected chi connectivity index (χ2v) is 5.61. The molecule has 0 bridgehead atoms. The number of H-pyrrole nitrogens is 1. The lowest BCUT2D eigenvalue weighted by molar-refractivity contribution is 0.104. The van der Waals surface area contributed by atoms with E-state index in [1.54, 1.807) is 37.7 Å². The van der Waals surface area contributed by atoms with Crippen LogP contribution in [0.5, 0.6) is 5.75 Å². The summed E-state index contributed by atoms with van der Waals surface area (Å²) in [5.74, 6) is 0.775. The van der Waals surface area contributed by atoms with Gasteiger partial charge in [0.25, 0.3) is 0 Å². The van der Waals surface area contributed by atoms with Crippen LogP contribution in [0.25, 0.3) is 17.0 Å². The highest BCUT2D eigenvalue weighted by atomic mass is 16.5. The molecule has 1 aromatic carbocycles. The van der Waals surface area contributed by atoms with Gasteiger partial charge in [0.05, 0.1) is 7.11 Å². The molecule has 0 radical (unpaired) electrons. The first-order valence-electron chi connectivity index (χ1n) is 8.04. The largest absolute Gasteiger partial charge is 0.497 e. The van der Waals surface area contributed by atoms with Crippen LogP contribution in [0.3, 0.4) is 0 Å². The quantitative estimate of drug-likeness (QED) is 0.540. The Morgan fingerprint density at radius 2 is 2.04 bits per heavy atom. The van der Waals surface area contributed by atoms with E-state index in [4.69, 9.17) is 4.74 Å². The van der Waals surface area contributed by atoms with Crippen LogP contribution in [0.4, 0.5) is 0 Å². The van der Waals surface area contributed by atoms with E-state index in [2.05, 4.69) is 16.9 Å². The maximum atomic E-state index is 12.3. The number of carbonyl (C=O) groups excluding carboxylic acids is 1. The summed E-state index contributed by atoms with van der Waals surface area (Å²) in [6.07, 6.45) is 8.73. The number of nitrogens with one attached hydrogen (secondary N) is 1. The van der Waals surface area contributed by atoms with Crippen molar-refractivity contribution in [2.45, 2.75) is 19.8 Å². The van der Waals surface area contributed by atoms with E-state index >= 15 is 0 Å². The second-order valence-electron chi connectivity index (χ2n) is 5.61. The molecule has 0 fully saturated rings. The van der Waals surface area contributed by atoms with Crippen molar-refractivity contribution < 1.29 is 9.53 Å². The molecule has 4 nitrogen and oxygen atoms in total. The molecule has 4 heteroatoms. The van der Waals surface area contributed by atoms with E-state index in [1.807, 2.05) is 24.3 Å². The Hall–Kier alpha value is -2.88. The van der Waals surface area contributed by atoms with Gasteiger partial charge in [0.2, 0.25) is 0 Å². The Morgan fingerprint density at radius 1 is 1.25 bits per heavy atom. The minimum Gasteiger partial charge on any atom is -0.497 e. The van der Waals surface area contributed by atoms with E-state index in [-0.39, 0.29) is 5.78 Å². The van der Waals surface area contributed by atoms with Gasteiger partial charge in [-0.15, -0.1) is 0 Å². The number of nitrogens with zero attached hydrogens (tertiary/aromatic N) is 1. The first-order valence-corrected chi connectivity index (χ1v) is 8.04. The van der Waals surface area contributed by atoms with Crippen LogP contribution in [0.1, 0.15) is 35.0 Å². The van der Waals surface area contributed by atoms with Crippen LogP contribution < -0.4 is 4.74 Å². The van der Waals surface area contributed by atoms with Crippen LogP contribution >= 0.6 is 0 Å². The monoisotopic (exact) mass is 320 g/mol. The topological polar surface area (TPSA) is 55.0 Å². The number of allylic oxidation sites excluding steroid dienone is 1. The number of hydrogen-bond acceptors (Lipinski definition) is 3. The SMILES string of the molecule is CCCc1[nH]c2ccc(OC)cc2c1/C=C/C(=O)c1ccncc1. The number of methoxy groups -OCH3 is 1. The van der Waals surface area contributed by atoms with Crippen molar-refractivity contribution in [3.8, 4) is 5.75 Å². The molecule has 3 aromatic rings. The lowest BCUT2D eigenvalue weighted by Gasteiger charge is -2.01. The number of benzene rings is 1. The Kier molecular flexibility index (Phi) is 4.75. The van der Waals surface area contributed by atoms with Crippen molar-refractivity contribution in [3.05, 3.63) is 65.6 Å². The van der Waals surface area contributed by atoms with Gasteiger partial charge in [0.15, 0.2) is 5.78 Å². The summed E-state index contributed by atoms with van der Waals surface area (Å²) in [5, 5.41) is 1.07. The smallest absolute Gasteiger partial charge is 0.185 e. The summed E-state index contributed by atoms with van der Waals surface area (Å²) < 4.78 is 5.33. The summed E-state index contributed by atoms with van der Waals surface area (Å²) in [6.45, 7) is 2.14. The number of aromatic amines is 1. The zero-order chi connectivity index (χ0) is 16.9. The summed E-state index contributed by atoms with van der Waals surface area (Å²) >= 11 is 0. The molecule has 0 atom stereocenters. The molecule has 0 saturated heterocycles. The van der Waals surface area contributed by atoms with Crippen molar-refractivity contribution in [3.63, 3.8) is 0 Å². The van der Waals surface area contributed by atoms with Crippen molar-refractivity contribution in [1.29, 1.82) is 0 Å². The molecule has 0 aliphatic carbocycles. The number of carbonyl (C=O) groups is 1. The molecule has 0 aliphatic rings. The van der Waals surface area contributed by atoms with Crippen molar-refractivity contribution >= 4 is 22.8 Å². The van der Waals surface area contributed by atoms with Gasteiger partial charge in [-0.1, -0.05) is 13.3 Å². The van der Waals surface area contributed by atoms with E-state index in [1.165, 1.54) is 0 Å². The third kappa shape index (κ3) is 3.23. The highest BCUT2D eigenvalue weighted by Gasteiger charge is 2.10. The lowest BCUT2D eigenvalue weighted by Crippen LogP contribution is -1.94. The maximum absolute atomic E-state index is 12.3. The van der Waals surface area contributed by atoms with Gasteiger partial charge < -0.3 is 9.72 Å². The highest BCUT2D eigenvalue weighted by molar-refractivity contribution is 6.08. The zero-order valence-corrected chi connectivity index (χ0v) is 13.9. The number of ether oxygens (including phenoxy) is 1. The molecule has 24 heavy (non-hydrogen) atoms. The molecule has 0 unspecified atom stereocenters. The molecule has 0 saturated carbocycles. The molecule has 2 heterocycles. The Labute approximate surface area is 141 Å². The average molecular weight is 320 g/mol. The van der Waals surface area contributed by atoms with Gasteiger partial charge >= 0.3 is 0 Å². The normalized spacial score (nSPS) is 11.2. The minimum atomic E-state index is -0.0305. The number of aromatic nitrogens is 2. The van der Waals surface area contributed by atoms with Crippen LogP contribution in [-0.2, 0) is 6.42 Å². The fourth-order valence-corrected chi connectivity index (χ4v) is 2.78. The van der Waals surface area contributed by atoms with Crippen molar-refractivity contribution in [2.24, 2.45) is 0 Å². The number of ketones is 1. The zero-order valence-electron chi connectivity index (χ0n) is 13.9. The predicted octanol–water partition coefficient (Wildman–Crippen LogP) is 4.42. The molecule has 2 aromatic heterocycles. The van der Waals surface area contributed by atoms with Gasteiger partial charge in [-0.2, -0.15) is 0 Å². The first kappa shape index (κ1) is 16.0. The molecule has 0 spiro atoms. The standard InChI is InChI=1S/C20H20N2O2/c1-3-4-18-16(6-8-20(23)14-9-11-21-12-10-14)17-13-15(24-2)5-7-19(17)22-18/h5-13,22H,3-4H2,1-2H3/b8-6+. The molecule has 1 N–H and O–H groups in total. The van der Waals surface area contributed by atoms with Gasteiger partial charge in [0.1, 0.15) is 5.75 Å². The van der Waals surface area contributed by atoms with Gasteiger partial charge in [0, 0.05) is 40.1 Å². The third-order valence-corrected chi connectivity index (χ3v) is 3.99. The van der Waals surface area contributed by atoms with E-state index < -0.39 is 0 Å². The molecular weight excluding hydrogens is 300 g/mol. The van der Waals surface area contributed by atoms with E-state index in [0.29, 0.717) is 5.56 Å². The summed E-state index contributed by atoms with van der Waals surface area (Å²) in [7, 11) is 1.66. The minimum absolute atomic E-state index is 0.0305. The molecule has 0 aliphatic heterocycles. The first-order chi connectivity index (χ1) is 11.7. The van der Waals surface area contributed by atoms with Gasteiger partial charge in [-0.3, -0.25) is 9.78 Å². The second kappa shape index (κ2) is 7.13. The van der Waals surface area contributed by atoms with Crippen LogP contribution in [0, 0.1) is 0 Å². The van der Waals surface area contributed by atoms with Gasteiger partial charge in [-0.05, 0) is 48.9 Å². The summed E-state index contributed by atoms with van der Waals surface area (Å²) in [4.78, 5) is 19.7. The van der Waals surface area contributed by atoms with Crippen LogP contribution in [0.15, 0.2) is 48.8 Å². The van der Waals surface area contributed by atoms with Crippen LogP contribution in [0.2, 0.25) is 0 Å². The Balaban J connectivity index is 2.01. The number of aryl methyl sites for hydroxylation is 1. The molecule has 3 rings (SSSR count). The highest BCUT2D eigenvalue weighted by Crippen LogP contribution is 2.28. The fourth-order valence-electron chi connectivity index (χ4n) is 2.78. The summed E-state index contributed by atoms with van der Waals surface area (Å²) in [6, 6.07) is 9.39. The lowest BCUT2D eigenvalue weighted by atomic mass is 10.1. The number of rotatable bonds is 6. The van der Waals surface area contributed by atoms with Crippen molar-refractivity contribution in [2.75, 3.05) is 7.11 Å². The van der Waals surface area contributed by atoms with Crippen molar-refractivity contribution in [1.82, 2.24) is 9.97 Å². The Bertz CT molecular complexity index is 879. The average Bonchev–Trinajstić information content (AvgIpc) is 2.97. The molecule has 122 valence electrons. The van der Waals surface area contributed by atoms with E-state index in [9.17, 15) is 4.79 Å². The number of hydrogen-bond donors (Lipinski definition) is 1. The maximum Gasteiger partial charge on any atom is 0.185 e. The Morgan fingerprint density at radius 3 is 2.75 bits per heavy atom. The number of fused-ring (bicyclic) bond motifs is 1. The predicted molar refractivity (Wildman–Crippen MR) is 96.4 cm³/mol. The molecule has 0 amide bonds. The van der Waals surface area contributed by atoms with E-state index in [0.717, 1.165) is 40.8 Å². The summed E-state index contributed by atoms with van der Waals surface area (Å²) in [5.41, 5.74) is 3.87. The molecular formula is C20H20N2O2. The van der Waals surface area contributed by atoms with Crippen LogP contribution in [-0.4, -0.2) is 22.9 Å².